The van der Waals surface area contributed by atoms with Gasteiger partial charge in [-0.25, -0.2) is 10.0 Å². The molecule has 1 N–H and O–H groups in total. The molecule has 0 amide bonds. The predicted molar refractivity (Wildman–Crippen MR) is 45.9 cm³/mol. The summed E-state index contributed by atoms with van der Waals surface area (Å²) in [4.78, 5) is 2.19. The summed E-state index contributed by atoms with van der Waals surface area (Å²) in [6, 6.07) is 0. The van der Waals surface area contributed by atoms with E-state index >= 15 is 0 Å². The van der Waals surface area contributed by atoms with E-state index in [0.29, 0.717) is 0 Å². The highest BCUT2D eigenvalue weighted by Crippen LogP contribution is 1.93. The van der Waals surface area contributed by atoms with Gasteiger partial charge in [0.25, 0.3) is 0 Å². The van der Waals surface area contributed by atoms with Crippen LogP contribution in [-0.4, -0.2) is 62.2 Å². The van der Waals surface area contributed by atoms with E-state index in [0.717, 1.165) is 26.2 Å². The van der Waals surface area contributed by atoms with Crippen LogP contribution in [0.3, 0.4) is 0 Å². The van der Waals surface area contributed by atoms with Gasteiger partial charge in [0.05, 0.1) is 0 Å². The second kappa shape index (κ2) is 4.01. The lowest BCUT2D eigenvalue weighted by atomic mass is 10.5. The van der Waals surface area contributed by atoms with Crippen molar-refractivity contribution >= 4 is 0 Å². The van der Waals surface area contributed by atoms with Crippen LogP contribution in [0.4, 0.5) is 0 Å². The van der Waals surface area contributed by atoms with Crippen LogP contribution in [0, 0.1) is 0 Å². The highest BCUT2D eigenvalue weighted by atomic mass is 15.8. The molecule has 1 saturated heterocycles. The van der Waals surface area contributed by atoms with Crippen LogP contribution in [0.1, 0.15) is 0 Å². The average Bonchev–Trinajstić information content (AvgIpc) is 2.31. The number of likely N-dealkylation sites (N-methyl/N-ethyl adjacent to an activating group) is 2. The Morgan fingerprint density at radius 1 is 1.36 bits per heavy atom. The molecule has 11 heavy (non-hydrogen) atoms. The summed E-state index contributed by atoms with van der Waals surface area (Å²) >= 11 is 0. The van der Waals surface area contributed by atoms with Crippen LogP contribution < -0.4 is 5.53 Å². The van der Waals surface area contributed by atoms with Crippen molar-refractivity contribution in [3.8, 4) is 0 Å². The number of hydrazine groups is 2. The van der Waals surface area contributed by atoms with E-state index in [1.54, 1.807) is 0 Å². The molecule has 0 saturated carbocycles. The maximum Gasteiger partial charge on any atom is 0.0287 e. The summed E-state index contributed by atoms with van der Waals surface area (Å²) in [5.74, 6) is 0. The van der Waals surface area contributed by atoms with Gasteiger partial charge in [-0.05, 0) is 14.1 Å². The quantitative estimate of drug-likeness (QED) is 0.581. The third-order valence-corrected chi connectivity index (χ3v) is 1.83. The van der Waals surface area contributed by atoms with Crippen LogP contribution in [-0.2, 0) is 0 Å². The Kier molecular flexibility index (Phi) is 3.26. The van der Waals surface area contributed by atoms with Crippen molar-refractivity contribution in [2.24, 2.45) is 0 Å². The fourth-order valence-corrected chi connectivity index (χ4v) is 1.09. The lowest BCUT2D eigenvalue weighted by molar-refractivity contribution is 0.134. The summed E-state index contributed by atoms with van der Waals surface area (Å²) in [5, 5.41) is 4.34. The van der Waals surface area contributed by atoms with Crippen LogP contribution in [0.25, 0.3) is 0 Å². The molecular weight excluding hydrogens is 140 g/mol. The van der Waals surface area contributed by atoms with Crippen molar-refractivity contribution in [3.63, 3.8) is 0 Å². The maximum absolute atomic E-state index is 3.25. The maximum atomic E-state index is 3.25. The molecule has 1 rings (SSSR count). The largest absolute Gasteiger partial charge is 0.308 e. The summed E-state index contributed by atoms with van der Waals surface area (Å²) < 4.78 is 0. The van der Waals surface area contributed by atoms with Gasteiger partial charge in [-0.3, -0.25) is 0 Å². The van der Waals surface area contributed by atoms with E-state index in [4.69, 9.17) is 0 Å². The molecule has 0 radical (unpaired) electrons. The Labute approximate surface area is 68.7 Å². The van der Waals surface area contributed by atoms with Crippen LogP contribution >= 0.6 is 0 Å². The number of hydrogen-bond acceptors (Lipinski definition) is 4. The Bertz CT molecular complexity index is 115. The standard InChI is InChI=1S/C7H18N4/c1-9(2)4-6-11-7-5-10(3)8-11/h8H,4-7H2,1-3H3. The minimum absolute atomic E-state index is 1.09. The molecule has 0 aromatic heterocycles. The van der Waals surface area contributed by atoms with E-state index in [2.05, 4.69) is 41.6 Å². The van der Waals surface area contributed by atoms with Gasteiger partial charge in [-0.2, -0.15) is 5.53 Å². The number of nitrogens with one attached hydrogen (secondary N) is 1. The summed E-state index contributed by atoms with van der Waals surface area (Å²) in [6.07, 6.45) is 0. The molecule has 66 valence electrons. The van der Waals surface area contributed by atoms with Gasteiger partial charge in [-0.1, -0.05) is 0 Å². The van der Waals surface area contributed by atoms with Gasteiger partial charge in [-0.15, -0.1) is 0 Å². The lowest BCUT2D eigenvalue weighted by Gasteiger charge is -2.18. The molecule has 1 heterocycles. The number of hydrogen-bond donors (Lipinski definition) is 1. The molecule has 1 aliphatic rings. The minimum atomic E-state index is 1.09. The Morgan fingerprint density at radius 2 is 2.09 bits per heavy atom. The SMILES string of the molecule is CN(C)CCN1CCN(C)N1. The average molecular weight is 158 g/mol. The Balaban J connectivity index is 2.08. The highest BCUT2D eigenvalue weighted by molar-refractivity contribution is 4.61. The van der Waals surface area contributed by atoms with E-state index in [9.17, 15) is 0 Å². The molecule has 0 unspecified atom stereocenters. The second-order valence-electron chi connectivity index (χ2n) is 3.31. The summed E-state index contributed by atoms with van der Waals surface area (Å²) in [7, 11) is 6.26. The number of rotatable bonds is 3. The Hall–Kier alpha value is -0.160. The first-order chi connectivity index (χ1) is 5.18. The second-order valence-corrected chi connectivity index (χ2v) is 3.31. The molecule has 4 heteroatoms. The molecule has 0 bridgehead atoms. The van der Waals surface area contributed by atoms with Gasteiger partial charge >= 0.3 is 0 Å². The highest BCUT2D eigenvalue weighted by Gasteiger charge is 2.14. The van der Waals surface area contributed by atoms with Crippen molar-refractivity contribution in [2.75, 3.05) is 47.3 Å². The molecule has 0 spiro atoms. The van der Waals surface area contributed by atoms with E-state index in [1.807, 2.05) is 0 Å². The van der Waals surface area contributed by atoms with E-state index in [1.165, 1.54) is 0 Å². The van der Waals surface area contributed by atoms with Gasteiger partial charge in [0, 0.05) is 33.2 Å². The first-order valence-corrected chi connectivity index (χ1v) is 4.05. The molecule has 1 aliphatic heterocycles. The first kappa shape index (κ1) is 8.93. The topological polar surface area (TPSA) is 21.8 Å². The van der Waals surface area contributed by atoms with Crippen molar-refractivity contribution in [1.82, 2.24) is 20.5 Å². The van der Waals surface area contributed by atoms with Gasteiger partial charge < -0.3 is 4.90 Å². The summed E-state index contributed by atoms with van der Waals surface area (Å²) in [6.45, 7) is 4.45. The summed E-state index contributed by atoms with van der Waals surface area (Å²) in [5.41, 5.74) is 3.25. The fraction of sp³-hybridized carbons (Fsp3) is 1.00. The molecule has 4 nitrogen and oxygen atoms in total. The molecular formula is C7H18N4. The van der Waals surface area contributed by atoms with Crippen molar-refractivity contribution in [2.45, 2.75) is 0 Å². The molecule has 1 fully saturated rings. The zero-order chi connectivity index (χ0) is 8.27. The van der Waals surface area contributed by atoms with Crippen molar-refractivity contribution in [3.05, 3.63) is 0 Å². The van der Waals surface area contributed by atoms with Crippen LogP contribution in [0.15, 0.2) is 0 Å². The molecule has 0 aliphatic carbocycles. The fourth-order valence-electron chi connectivity index (χ4n) is 1.09. The van der Waals surface area contributed by atoms with E-state index in [-0.39, 0.29) is 0 Å². The van der Waals surface area contributed by atoms with Gasteiger partial charge in [0.2, 0.25) is 0 Å². The third kappa shape index (κ3) is 3.16. The van der Waals surface area contributed by atoms with E-state index < -0.39 is 0 Å². The number of nitrogens with zero attached hydrogens (tertiary/aromatic N) is 3. The normalized spacial score (nSPS) is 21.8. The Morgan fingerprint density at radius 3 is 2.55 bits per heavy atom. The zero-order valence-corrected chi connectivity index (χ0v) is 7.67. The van der Waals surface area contributed by atoms with Gasteiger partial charge in [0.15, 0.2) is 0 Å². The third-order valence-electron chi connectivity index (χ3n) is 1.83. The minimum Gasteiger partial charge on any atom is -0.308 e. The molecule has 0 aromatic rings. The monoisotopic (exact) mass is 158 g/mol. The first-order valence-electron chi connectivity index (χ1n) is 4.05. The zero-order valence-electron chi connectivity index (χ0n) is 7.67. The smallest absolute Gasteiger partial charge is 0.0287 e. The van der Waals surface area contributed by atoms with Crippen molar-refractivity contribution < 1.29 is 0 Å². The molecule has 0 atom stereocenters. The van der Waals surface area contributed by atoms with Crippen LogP contribution in [0.5, 0.6) is 0 Å². The van der Waals surface area contributed by atoms with Gasteiger partial charge in [0.1, 0.15) is 0 Å². The van der Waals surface area contributed by atoms with Crippen LogP contribution in [0.2, 0.25) is 0 Å². The molecule has 0 aromatic carbocycles. The van der Waals surface area contributed by atoms with Crippen molar-refractivity contribution in [1.29, 1.82) is 0 Å². The lowest BCUT2D eigenvalue weighted by Crippen LogP contribution is -2.40. The predicted octanol–water partition coefficient (Wildman–Crippen LogP) is -0.785.